The van der Waals surface area contributed by atoms with Crippen molar-refractivity contribution >= 4 is 33.2 Å². The Bertz CT molecular complexity index is 487. The van der Waals surface area contributed by atoms with Gasteiger partial charge in [-0.05, 0) is 22.0 Å². The first kappa shape index (κ1) is 11.2. The molecule has 2 aromatic heterocycles. The molecule has 5 nitrogen and oxygen atoms in total. The first-order chi connectivity index (χ1) is 7.77. The van der Waals surface area contributed by atoms with E-state index in [9.17, 15) is 4.79 Å². The van der Waals surface area contributed by atoms with Crippen LogP contribution in [0.3, 0.4) is 0 Å². The van der Waals surface area contributed by atoms with Crippen molar-refractivity contribution in [3.63, 3.8) is 0 Å². The standard InChI is InChI=1S/C9H7BrN4OS/c10-8-7(14-5-16-8)9(15)13-4-6-11-2-1-3-12-6/h1-3,5H,4H2,(H,13,15). The third kappa shape index (κ3) is 2.61. The average molecular weight is 299 g/mol. The number of thiazole rings is 1. The molecule has 0 radical (unpaired) electrons. The molecule has 0 aromatic carbocycles. The van der Waals surface area contributed by atoms with Crippen LogP contribution in [-0.4, -0.2) is 20.9 Å². The van der Waals surface area contributed by atoms with Crippen molar-refractivity contribution in [3.05, 3.63) is 39.3 Å². The lowest BCUT2D eigenvalue weighted by Gasteiger charge is -2.01. The fourth-order valence-corrected chi connectivity index (χ4v) is 2.08. The van der Waals surface area contributed by atoms with Crippen molar-refractivity contribution in [1.82, 2.24) is 20.3 Å². The molecule has 2 aromatic rings. The van der Waals surface area contributed by atoms with E-state index in [1.165, 1.54) is 11.3 Å². The van der Waals surface area contributed by atoms with Crippen molar-refractivity contribution in [3.8, 4) is 0 Å². The third-order valence-electron chi connectivity index (χ3n) is 1.77. The number of hydrogen-bond donors (Lipinski definition) is 1. The molecule has 0 saturated heterocycles. The van der Waals surface area contributed by atoms with E-state index in [-0.39, 0.29) is 5.91 Å². The highest BCUT2D eigenvalue weighted by molar-refractivity contribution is 9.11. The maximum Gasteiger partial charge on any atom is 0.272 e. The first-order valence-electron chi connectivity index (χ1n) is 4.40. The molecule has 2 rings (SSSR count). The van der Waals surface area contributed by atoms with E-state index in [0.29, 0.717) is 18.1 Å². The number of carbonyl (C=O) groups is 1. The molecule has 0 aliphatic rings. The summed E-state index contributed by atoms with van der Waals surface area (Å²) < 4.78 is 0.721. The monoisotopic (exact) mass is 298 g/mol. The van der Waals surface area contributed by atoms with Crippen LogP contribution < -0.4 is 5.32 Å². The van der Waals surface area contributed by atoms with Crippen LogP contribution in [0.2, 0.25) is 0 Å². The molecule has 2 heterocycles. The van der Waals surface area contributed by atoms with E-state index in [0.717, 1.165) is 3.79 Å². The molecule has 0 spiro atoms. The summed E-state index contributed by atoms with van der Waals surface area (Å²) in [6.45, 7) is 0.295. The predicted molar refractivity (Wildman–Crippen MR) is 63.0 cm³/mol. The van der Waals surface area contributed by atoms with Crippen molar-refractivity contribution in [2.75, 3.05) is 0 Å². The fourth-order valence-electron chi connectivity index (χ4n) is 1.04. The highest BCUT2D eigenvalue weighted by Crippen LogP contribution is 2.20. The zero-order valence-corrected chi connectivity index (χ0v) is 10.5. The van der Waals surface area contributed by atoms with Crippen molar-refractivity contribution in [1.29, 1.82) is 0 Å². The smallest absolute Gasteiger partial charge is 0.272 e. The third-order valence-corrected chi connectivity index (χ3v) is 3.31. The number of amides is 1. The SMILES string of the molecule is O=C(NCc1ncccn1)c1ncsc1Br. The van der Waals surface area contributed by atoms with Crippen LogP contribution >= 0.6 is 27.3 Å². The number of nitrogens with zero attached hydrogens (tertiary/aromatic N) is 3. The van der Waals surface area contributed by atoms with E-state index in [1.54, 1.807) is 24.0 Å². The maximum absolute atomic E-state index is 11.6. The Morgan fingerprint density at radius 2 is 2.12 bits per heavy atom. The normalized spacial score (nSPS) is 10.1. The summed E-state index contributed by atoms with van der Waals surface area (Å²) in [5.41, 5.74) is 2.00. The minimum absolute atomic E-state index is 0.236. The molecule has 0 atom stereocenters. The van der Waals surface area contributed by atoms with E-state index < -0.39 is 0 Å². The molecular formula is C9H7BrN4OS. The Hall–Kier alpha value is -1.34. The molecule has 0 fully saturated rings. The molecule has 7 heteroatoms. The van der Waals surface area contributed by atoms with Crippen LogP contribution in [0.5, 0.6) is 0 Å². The van der Waals surface area contributed by atoms with Gasteiger partial charge >= 0.3 is 0 Å². The zero-order chi connectivity index (χ0) is 11.4. The number of rotatable bonds is 3. The minimum atomic E-state index is -0.236. The van der Waals surface area contributed by atoms with E-state index in [2.05, 4.69) is 36.2 Å². The van der Waals surface area contributed by atoms with Crippen LogP contribution in [0.1, 0.15) is 16.3 Å². The number of halogens is 1. The van der Waals surface area contributed by atoms with E-state index >= 15 is 0 Å². The lowest BCUT2D eigenvalue weighted by atomic mass is 10.4. The van der Waals surface area contributed by atoms with E-state index in [1.807, 2.05) is 0 Å². The second-order valence-corrected chi connectivity index (χ2v) is 5.00. The predicted octanol–water partition coefficient (Wildman–Crippen LogP) is 1.63. The summed E-state index contributed by atoms with van der Waals surface area (Å²) in [5.74, 6) is 0.336. The summed E-state index contributed by atoms with van der Waals surface area (Å²) >= 11 is 4.62. The molecule has 0 unspecified atom stereocenters. The Kier molecular flexibility index (Phi) is 3.58. The summed E-state index contributed by atoms with van der Waals surface area (Å²) in [5, 5.41) is 2.69. The van der Waals surface area contributed by atoms with Crippen molar-refractivity contribution < 1.29 is 4.79 Å². The second kappa shape index (κ2) is 5.13. The molecule has 16 heavy (non-hydrogen) atoms. The number of carbonyl (C=O) groups excluding carboxylic acids is 1. The summed E-state index contributed by atoms with van der Waals surface area (Å²) in [4.78, 5) is 23.6. The summed E-state index contributed by atoms with van der Waals surface area (Å²) in [7, 11) is 0. The van der Waals surface area contributed by atoms with Gasteiger partial charge in [-0.25, -0.2) is 15.0 Å². The molecule has 82 valence electrons. The molecule has 0 saturated carbocycles. The minimum Gasteiger partial charge on any atom is -0.343 e. The Labute approximate surface area is 104 Å². The molecule has 1 amide bonds. The zero-order valence-electron chi connectivity index (χ0n) is 8.05. The molecule has 1 N–H and O–H groups in total. The number of hydrogen-bond acceptors (Lipinski definition) is 5. The van der Waals surface area contributed by atoms with Gasteiger partial charge in [-0.3, -0.25) is 4.79 Å². The number of nitrogens with one attached hydrogen (secondary N) is 1. The molecular weight excluding hydrogens is 292 g/mol. The lowest BCUT2D eigenvalue weighted by molar-refractivity contribution is 0.0945. The fraction of sp³-hybridized carbons (Fsp3) is 0.111. The number of aromatic nitrogens is 3. The van der Waals surface area contributed by atoms with Gasteiger partial charge in [-0.1, -0.05) is 0 Å². The van der Waals surface area contributed by atoms with Gasteiger partial charge in [0.2, 0.25) is 0 Å². The summed E-state index contributed by atoms with van der Waals surface area (Å²) in [6.07, 6.45) is 3.26. The van der Waals surface area contributed by atoms with Crippen LogP contribution in [0.4, 0.5) is 0 Å². The van der Waals surface area contributed by atoms with Crippen LogP contribution in [0.15, 0.2) is 27.8 Å². The first-order valence-corrected chi connectivity index (χ1v) is 6.07. The van der Waals surface area contributed by atoms with Crippen molar-refractivity contribution in [2.24, 2.45) is 0 Å². The van der Waals surface area contributed by atoms with Crippen LogP contribution in [0.25, 0.3) is 0 Å². The molecule has 0 aliphatic heterocycles. The van der Waals surface area contributed by atoms with Gasteiger partial charge in [-0.15, -0.1) is 11.3 Å². The lowest BCUT2D eigenvalue weighted by Crippen LogP contribution is -2.24. The topological polar surface area (TPSA) is 67.8 Å². The Morgan fingerprint density at radius 3 is 2.75 bits per heavy atom. The van der Waals surface area contributed by atoms with Gasteiger partial charge in [0.15, 0.2) is 5.69 Å². The van der Waals surface area contributed by atoms with Crippen LogP contribution in [-0.2, 0) is 6.54 Å². The maximum atomic E-state index is 11.6. The Balaban J connectivity index is 1.97. The Morgan fingerprint density at radius 1 is 1.38 bits per heavy atom. The average Bonchev–Trinajstić information content (AvgIpc) is 2.74. The van der Waals surface area contributed by atoms with Gasteiger partial charge in [0.25, 0.3) is 5.91 Å². The van der Waals surface area contributed by atoms with Crippen LogP contribution in [0, 0.1) is 0 Å². The molecule has 0 bridgehead atoms. The van der Waals surface area contributed by atoms with Gasteiger partial charge < -0.3 is 5.32 Å². The largest absolute Gasteiger partial charge is 0.343 e. The molecule has 0 aliphatic carbocycles. The summed E-state index contributed by atoms with van der Waals surface area (Å²) in [6, 6.07) is 1.72. The second-order valence-electron chi connectivity index (χ2n) is 2.82. The van der Waals surface area contributed by atoms with E-state index in [4.69, 9.17) is 0 Å². The van der Waals surface area contributed by atoms with Gasteiger partial charge in [0, 0.05) is 12.4 Å². The highest BCUT2D eigenvalue weighted by Gasteiger charge is 2.12. The quantitative estimate of drug-likeness (QED) is 0.935. The van der Waals surface area contributed by atoms with Gasteiger partial charge in [0.1, 0.15) is 9.61 Å². The van der Waals surface area contributed by atoms with Gasteiger partial charge in [-0.2, -0.15) is 0 Å². The highest BCUT2D eigenvalue weighted by atomic mass is 79.9. The van der Waals surface area contributed by atoms with Gasteiger partial charge in [0.05, 0.1) is 12.1 Å². The van der Waals surface area contributed by atoms with Crippen molar-refractivity contribution in [2.45, 2.75) is 6.54 Å².